The van der Waals surface area contributed by atoms with Gasteiger partial charge < -0.3 is 9.47 Å². The SMILES string of the molecule is O=C(CCn1ccc(=O)[nH]c1=O)N1CCN(C2CCc3ccccc3C2)CC1. The minimum atomic E-state index is -0.470. The largest absolute Gasteiger partial charge is 0.340 e. The van der Waals surface area contributed by atoms with Crippen LogP contribution in [0.1, 0.15) is 24.0 Å². The van der Waals surface area contributed by atoms with Crippen molar-refractivity contribution in [2.24, 2.45) is 0 Å². The summed E-state index contributed by atoms with van der Waals surface area (Å²) in [5.74, 6) is 0.0618. The van der Waals surface area contributed by atoms with Crippen LogP contribution in [0.15, 0.2) is 46.1 Å². The molecule has 0 radical (unpaired) electrons. The summed E-state index contributed by atoms with van der Waals surface area (Å²) in [6.45, 7) is 3.55. The number of benzene rings is 1. The first-order chi connectivity index (χ1) is 13.6. The highest BCUT2D eigenvalue weighted by Gasteiger charge is 2.28. The second-order valence-electron chi connectivity index (χ2n) is 7.64. The number of piperazine rings is 1. The van der Waals surface area contributed by atoms with Gasteiger partial charge in [-0.25, -0.2) is 4.79 Å². The van der Waals surface area contributed by atoms with Gasteiger partial charge in [-0.05, 0) is 30.4 Å². The molecule has 1 aromatic carbocycles. The third kappa shape index (κ3) is 4.09. The molecular formula is C21H26N4O3. The fourth-order valence-electron chi connectivity index (χ4n) is 4.32. The lowest BCUT2D eigenvalue weighted by molar-refractivity contribution is -0.133. The number of hydrogen-bond acceptors (Lipinski definition) is 4. The van der Waals surface area contributed by atoms with Crippen LogP contribution in [0, 0.1) is 0 Å². The Morgan fingerprint density at radius 1 is 1.04 bits per heavy atom. The Bertz CT molecular complexity index is 956. The Labute approximate surface area is 163 Å². The first-order valence-corrected chi connectivity index (χ1v) is 9.98. The Balaban J connectivity index is 1.27. The highest BCUT2D eigenvalue weighted by Crippen LogP contribution is 2.25. The fraction of sp³-hybridized carbons (Fsp3) is 0.476. The molecule has 148 valence electrons. The number of rotatable bonds is 4. The fourth-order valence-corrected chi connectivity index (χ4v) is 4.32. The van der Waals surface area contributed by atoms with Crippen LogP contribution in [0.5, 0.6) is 0 Å². The Morgan fingerprint density at radius 3 is 2.54 bits per heavy atom. The van der Waals surface area contributed by atoms with Crippen LogP contribution in [0.3, 0.4) is 0 Å². The molecule has 4 rings (SSSR count). The van der Waals surface area contributed by atoms with E-state index in [-0.39, 0.29) is 18.9 Å². The maximum Gasteiger partial charge on any atom is 0.328 e. The molecule has 1 fully saturated rings. The Hall–Kier alpha value is -2.67. The van der Waals surface area contributed by atoms with Crippen molar-refractivity contribution < 1.29 is 4.79 Å². The van der Waals surface area contributed by atoms with Crippen molar-refractivity contribution in [1.82, 2.24) is 19.4 Å². The van der Waals surface area contributed by atoms with E-state index in [1.165, 1.54) is 34.4 Å². The van der Waals surface area contributed by atoms with Gasteiger partial charge in [0.1, 0.15) is 0 Å². The molecule has 28 heavy (non-hydrogen) atoms. The first kappa shape index (κ1) is 18.7. The second-order valence-corrected chi connectivity index (χ2v) is 7.64. The number of carbonyl (C=O) groups excluding carboxylic acids is 1. The van der Waals surface area contributed by atoms with Gasteiger partial charge in [-0.1, -0.05) is 24.3 Å². The number of aromatic amines is 1. The van der Waals surface area contributed by atoms with Crippen LogP contribution < -0.4 is 11.2 Å². The maximum absolute atomic E-state index is 12.5. The van der Waals surface area contributed by atoms with Gasteiger partial charge in [0.05, 0.1) is 0 Å². The van der Waals surface area contributed by atoms with Gasteiger partial charge in [-0.2, -0.15) is 0 Å². The molecule has 1 saturated heterocycles. The molecule has 0 bridgehead atoms. The molecule has 2 aromatic rings. The molecule has 2 aliphatic rings. The zero-order chi connectivity index (χ0) is 19.5. The molecular weight excluding hydrogens is 356 g/mol. The number of H-pyrrole nitrogens is 1. The van der Waals surface area contributed by atoms with E-state index in [9.17, 15) is 14.4 Å². The third-order valence-electron chi connectivity index (χ3n) is 5.97. The van der Waals surface area contributed by atoms with E-state index in [0.717, 1.165) is 39.0 Å². The summed E-state index contributed by atoms with van der Waals surface area (Å²) in [5, 5.41) is 0. The lowest BCUT2D eigenvalue weighted by Crippen LogP contribution is -2.53. The van der Waals surface area contributed by atoms with E-state index in [1.54, 1.807) is 0 Å². The lowest BCUT2D eigenvalue weighted by Gasteiger charge is -2.41. The highest BCUT2D eigenvalue weighted by molar-refractivity contribution is 5.76. The van der Waals surface area contributed by atoms with Crippen LogP contribution in [-0.2, 0) is 24.2 Å². The summed E-state index contributed by atoms with van der Waals surface area (Å²) in [5.41, 5.74) is 2.05. The number of aryl methyl sites for hydroxylation is 2. The summed E-state index contributed by atoms with van der Waals surface area (Å²) < 4.78 is 1.37. The molecule has 1 unspecified atom stereocenters. The highest BCUT2D eigenvalue weighted by atomic mass is 16.2. The Kier molecular flexibility index (Phi) is 5.43. The molecule has 0 spiro atoms. The normalized spacial score (nSPS) is 20.0. The van der Waals surface area contributed by atoms with Gasteiger partial charge in [0.2, 0.25) is 5.91 Å². The molecule has 7 nitrogen and oxygen atoms in total. The number of hydrogen-bond donors (Lipinski definition) is 1. The van der Waals surface area contributed by atoms with Crippen molar-refractivity contribution in [2.45, 2.75) is 38.3 Å². The predicted molar refractivity (Wildman–Crippen MR) is 106 cm³/mol. The first-order valence-electron chi connectivity index (χ1n) is 9.98. The summed E-state index contributed by atoms with van der Waals surface area (Å²) >= 11 is 0. The number of carbonyl (C=O) groups is 1. The summed E-state index contributed by atoms with van der Waals surface area (Å²) in [4.78, 5) is 42.0. The molecule has 7 heteroatoms. The molecule has 1 aliphatic heterocycles. The molecule has 1 N–H and O–H groups in total. The molecule has 1 amide bonds. The van der Waals surface area contributed by atoms with Gasteiger partial charge in [0.15, 0.2) is 0 Å². The number of nitrogens with one attached hydrogen (secondary N) is 1. The summed E-state index contributed by atoms with van der Waals surface area (Å²) in [6, 6.07) is 10.6. The molecule has 2 heterocycles. The zero-order valence-corrected chi connectivity index (χ0v) is 16.0. The van der Waals surface area contributed by atoms with Gasteiger partial charge >= 0.3 is 5.69 Å². The van der Waals surface area contributed by atoms with E-state index in [1.807, 2.05) is 4.90 Å². The van der Waals surface area contributed by atoms with Gasteiger partial charge in [0, 0.05) is 57.4 Å². The number of aromatic nitrogens is 2. The van der Waals surface area contributed by atoms with Crippen LogP contribution in [0.25, 0.3) is 0 Å². The van der Waals surface area contributed by atoms with E-state index in [4.69, 9.17) is 0 Å². The van der Waals surface area contributed by atoms with Crippen molar-refractivity contribution in [2.75, 3.05) is 26.2 Å². The molecule has 0 saturated carbocycles. The molecule has 1 aliphatic carbocycles. The standard InChI is InChI=1S/C21H26N4O3/c26-19-7-9-25(21(28)22-19)10-8-20(27)24-13-11-23(12-14-24)18-6-5-16-3-1-2-4-17(16)15-18/h1-4,7,9,18H,5-6,8,10-15H2,(H,22,26,28). The minimum Gasteiger partial charge on any atom is -0.340 e. The average Bonchev–Trinajstić information content (AvgIpc) is 2.72. The van der Waals surface area contributed by atoms with Gasteiger partial charge in [-0.15, -0.1) is 0 Å². The number of nitrogens with zero attached hydrogens (tertiary/aromatic N) is 3. The third-order valence-corrected chi connectivity index (χ3v) is 5.97. The monoisotopic (exact) mass is 382 g/mol. The smallest absolute Gasteiger partial charge is 0.328 e. The quantitative estimate of drug-likeness (QED) is 0.841. The van der Waals surface area contributed by atoms with Crippen LogP contribution in [0.4, 0.5) is 0 Å². The second kappa shape index (κ2) is 8.14. The van der Waals surface area contributed by atoms with Crippen molar-refractivity contribution >= 4 is 5.91 Å². The van der Waals surface area contributed by atoms with Crippen molar-refractivity contribution in [1.29, 1.82) is 0 Å². The number of amides is 1. The predicted octanol–water partition coefficient (Wildman–Crippen LogP) is 0.628. The average molecular weight is 382 g/mol. The van der Waals surface area contributed by atoms with Gasteiger partial charge in [0.25, 0.3) is 5.56 Å². The molecule has 1 aromatic heterocycles. The zero-order valence-electron chi connectivity index (χ0n) is 16.0. The minimum absolute atomic E-state index is 0.0618. The van der Waals surface area contributed by atoms with Crippen molar-refractivity contribution in [3.8, 4) is 0 Å². The van der Waals surface area contributed by atoms with Crippen molar-refractivity contribution in [3.63, 3.8) is 0 Å². The van der Waals surface area contributed by atoms with Gasteiger partial charge in [-0.3, -0.25) is 19.5 Å². The van der Waals surface area contributed by atoms with Crippen molar-refractivity contribution in [3.05, 3.63) is 68.5 Å². The van der Waals surface area contributed by atoms with E-state index < -0.39 is 11.2 Å². The molecule has 1 atom stereocenters. The topological polar surface area (TPSA) is 78.4 Å². The van der Waals surface area contributed by atoms with E-state index in [2.05, 4.69) is 34.1 Å². The van der Waals surface area contributed by atoms with Crippen LogP contribution >= 0.6 is 0 Å². The lowest BCUT2D eigenvalue weighted by atomic mass is 9.87. The Morgan fingerprint density at radius 2 is 1.79 bits per heavy atom. The van der Waals surface area contributed by atoms with Crippen LogP contribution in [0.2, 0.25) is 0 Å². The van der Waals surface area contributed by atoms with E-state index in [0.29, 0.717) is 6.04 Å². The summed E-state index contributed by atoms with van der Waals surface area (Å²) in [7, 11) is 0. The van der Waals surface area contributed by atoms with E-state index >= 15 is 0 Å². The number of fused-ring (bicyclic) bond motifs is 1. The maximum atomic E-state index is 12.5. The summed E-state index contributed by atoms with van der Waals surface area (Å²) in [6.07, 6.45) is 5.11. The van der Waals surface area contributed by atoms with Crippen LogP contribution in [-0.4, -0.2) is 57.5 Å².